The lowest BCUT2D eigenvalue weighted by Crippen LogP contribution is -2.35. The molecule has 0 aliphatic carbocycles. The Kier molecular flexibility index (Phi) is 8.00. The molecule has 0 saturated carbocycles. The summed E-state index contributed by atoms with van der Waals surface area (Å²) in [5.41, 5.74) is 5.17. The van der Waals surface area contributed by atoms with E-state index in [0.29, 0.717) is 0 Å². The maximum atomic E-state index is 6.19. The zero-order valence-electron chi connectivity index (χ0n) is 20.0. The van der Waals surface area contributed by atoms with Gasteiger partial charge in [-0.1, -0.05) is 66.5 Å². The molecule has 2 fully saturated rings. The Balaban J connectivity index is 1.93. The van der Waals surface area contributed by atoms with Gasteiger partial charge >= 0.3 is 0 Å². The van der Waals surface area contributed by atoms with Crippen LogP contribution < -0.4 is 0 Å². The minimum atomic E-state index is -0.272. The molecule has 170 valence electrons. The number of benzene rings is 1. The average molecular weight is 419 g/mol. The molecule has 4 nitrogen and oxygen atoms in total. The third kappa shape index (κ3) is 6.06. The van der Waals surface area contributed by atoms with Crippen molar-refractivity contribution in [3.63, 3.8) is 0 Å². The zero-order valence-corrected chi connectivity index (χ0v) is 20.0. The molecule has 0 aromatic heterocycles. The van der Waals surface area contributed by atoms with E-state index in [9.17, 15) is 0 Å². The van der Waals surface area contributed by atoms with Crippen molar-refractivity contribution in [2.45, 2.75) is 92.6 Å². The lowest BCUT2D eigenvalue weighted by Gasteiger charge is -2.37. The van der Waals surface area contributed by atoms with E-state index in [1.165, 1.54) is 22.3 Å². The van der Waals surface area contributed by atoms with Gasteiger partial charge in [-0.3, -0.25) is 0 Å². The second kappa shape index (κ2) is 10.1. The summed E-state index contributed by atoms with van der Waals surface area (Å²) in [7, 11) is 0. The molecule has 0 bridgehead atoms. The third-order valence-corrected chi connectivity index (χ3v) is 6.01. The molecule has 2 heterocycles. The van der Waals surface area contributed by atoms with Gasteiger partial charge in [0.25, 0.3) is 0 Å². The molecule has 0 amide bonds. The fourth-order valence-electron chi connectivity index (χ4n) is 4.08. The lowest BCUT2D eigenvalue weighted by atomic mass is 9.90. The molecule has 3 rings (SSSR count). The van der Waals surface area contributed by atoms with Crippen LogP contribution in [0.3, 0.4) is 0 Å². The van der Waals surface area contributed by atoms with Crippen LogP contribution in [0.5, 0.6) is 0 Å². The van der Waals surface area contributed by atoms with Crippen molar-refractivity contribution in [2.75, 3.05) is 26.4 Å². The maximum Gasteiger partial charge on any atom is 0.184 e. The number of aryl methyl sites for hydroxylation is 2. The molecule has 4 heteroatoms. The summed E-state index contributed by atoms with van der Waals surface area (Å²) in [6.07, 6.45) is 6.14. The van der Waals surface area contributed by atoms with Gasteiger partial charge in [0.2, 0.25) is 0 Å². The summed E-state index contributed by atoms with van der Waals surface area (Å²) >= 11 is 0. The fraction of sp³-hybridized carbons (Fsp3) is 0.769. The molecule has 2 saturated heterocycles. The molecule has 0 unspecified atom stereocenters. The zero-order chi connectivity index (χ0) is 21.8. The quantitative estimate of drug-likeness (QED) is 0.482. The molecule has 30 heavy (non-hydrogen) atoms. The van der Waals surface area contributed by atoms with Gasteiger partial charge in [0.1, 0.15) is 0 Å². The Morgan fingerprint density at radius 1 is 0.667 bits per heavy atom. The van der Waals surface area contributed by atoms with Crippen LogP contribution in [0.25, 0.3) is 0 Å². The summed E-state index contributed by atoms with van der Waals surface area (Å²) in [5.74, 6) is 0. The second-order valence-corrected chi connectivity index (χ2v) is 10.7. The number of ether oxygens (including phenoxy) is 4. The average Bonchev–Trinajstić information content (AvgIpc) is 2.71. The smallest absolute Gasteiger partial charge is 0.184 e. The van der Waals surface area contributed by atoms with Gasteiger partial charge in [-0.05, 0) is 36.8 Å². The summed E-state index contributed by atoms with van der Waals surface area (Å²) in [5, 5.41) is 0. The van der Waals surface area contributed by atoms with Crippen LogP contribution in [0.1, 0.15) is 102 Å². The van der Waals surface area contributed by atoms with E-state index >= 15 is 0 Å². The molecule has 1 aromatic carbocycles. The molecule has 0 spiro atoms. The first-order valence-corrected chi connectivity index (χ1v) is 11.9. The SMILES string of the molecule is CCCCc1cc(C2OCC(C)(C)CO2)c(CCCC)cc1C1OCC(C)(C)CO1. The molecular formula is C26H42O4. The van der Waals surface area contributed by atoms with Gasteiger partial charge in [-0.25, -0.2) is 0 Å². The second-order valence-electron chi connectivity index (χ2n) is 10.7. The maximum absolute atomic E-state index is 6.19. The predicted molar refractivity (Wildman–Crippen MR) is 121 cm³/mol. The van der Waals surface area contributed by atoms with E-state index in [-0.39, 0.29) is 23.4 Å². The summed E-state index contributed by atoms with van der Waals surface area (Å²) in [6.45, 7) is 16.1. The lowest BCUT2D eigenvalue weighted by molar-refractivity contribution is -0.228. The molecular weight excluding hydrogens is 376 g/mol. The van der Waals surface area contributed by atoms with Crippen molar-refractivity contribution in [3.05, 3.63) is 34.4 Å². The largest absolute Gasteiger partial charge is 0.348 e. The van der Waals surface area contributed by atoms with Crippen LogP contribution in [-0.4, -0.2) is 26.4 Å². The molecule has 0 atom stereocenters. The van der Waals surface area contributed by atoms with Gasteiger partial charge in [-0.2, -0.15) is 0 Å². The normalized spacial score (nSPS) is 22.3. The highest BCUT2D eigenvalue weighted by molar-refractivity contribution is 5.41. The van der Waals surface area contributed by atoms with Gasteiger partial charge < -0.3 is 18.9 Å². The standard InChI is InChI=1S/C26H42O4/c1-7-9-11-19-13-22(24-29-17-26(5,6)18-30-24)20(12-10-8-2)14-21(19)23-27-15-25(3,4)16-28-23/h13-14,23-24H,7-12,15-18H2,1-6H3. The highest BCUT2D eigenvalue weighted by Gasteiger charge is 2.33. The molecule has 1 aromatic rings. The Bertz CT molecular complexity index is 615. The third-order valence-electron chi connectivity index (χ3n) is 6.01. The van der Waals surface area contributed by atoms with E-state index < -0.39 is 0 Å². The first-order valence-electron chi connectivity index (χ1n) is 11.9. The van der Waals surface area contributed by atoms with E-state index in [1.54, 1.807) is 0 Å². The summed E-state index contributed by atoms with van der Waals surface area (Å²) < 4.78 is 24.7. The first kappa shape index (κ1) is 23.7. The van der Waals surface area contributed by atoms with Crippen molar-refractivity contribution in [1.29, 1.82) is 0 Å². The predicted octanol–water partition coefficient (Wildman–Crippen LogP) is 6.52. The van der Waals surface area contributed by atoms with Gasteiger partial charge in [0.15, 0.2) is 12.6 Å². The summed E-state index contributed by atoms with van der Waals surface area (Å²) in [4.78, 5) is 0. The Morgan fingerprint density at radius 3 is 1.30 bits per heavy atom. The van der Waals surface area contributed by atoms with Gasteiger partial charge in [0.05, 0.1) is 26.4 Å². The van der Waals surface area contributed by atoms with Crippen LogP contribution in [0.4, 0.5) is 0 Å². The summed E-state index contributed by atoms with van der Waals surface area (Å²) in [6, 6.07) is 4.65. The van der Waals surface area contributed by atoms with Crippen LogP contribution in [-0.2, 0) is 31.8 Å². The van der Waals surface area contributed by atoms with Crippen molar-refractivity contribution in [1.82, 2.24) is 0 Å². The highest BCUT2D eigenvalue weighted by Crippen LogP contribution is 2.38. The Labute approximate surface area is 183 Å². The minimum Gasteiger partial charge on any atom is -0.348 e. The van der Waals surface area contributed by atoms with E-state index in [0.717, 1.165) is 65.0 Å². The monoisotopic (exact) mass is 418 g/mol. The van der Waals surface area contributed by atoms with Crippen molar-refractivity contribution in [2.24, 2.45) is 10.8 Å². The Morgan fingerprint density at radius 2 is 1.00 bits per heavy atom. The van der Waals surface area contributed by atoms with E-state index in [1.807, 2.05) is 0 Å². The van der Waals surface area contributed by atoms with Crippen molar-refractivity contribution < 1.29 is 18.9 Å². The minimum absolute atomic E-state index is 0.0711. The number of unbranched alkanes of at least 4 members (excludes halogenated alkanes) is 2. The van der Waals surface area contributed by atoms with E-state index in [4.69, 9.17) is 18.9 Å². The van der Waals surface area contributed by atoms with Gasteiger partial charge in [0, 0.05) is 22.0 Å². The topological polar surface area (TPSA) is 36.9 Å². The van der Waals surface area contributed by atoms with Crippen LogP contribution in [0.15, 0.2) is 12.1 Å². The molecule has 2 aliphatic rings. The van der Waals surface area contributed by atoms with Crippen molar-refractivity contribution >= 4 is 0 Å². The molecule has 0 radical (unpaired) electrons. The first-order chi connectivity index (χ1) is 14.2. The number of hydrogen-bond acceptors (Lipinski definition) is 4. The molecule has 2 aliphatic heterocycles. The molecule has 0 N–H and O–H groups in total. The van der Waals surface area contributed by atoms with Gasteiger partial charge in [-0.15, -0.1) is 0 Å². The number of rotatable bonds is 8. The Hall–Kier alpha value is -0.940. The van der Waals surface area contributed by atoms with Crippen molar-refractivity contribution in [3.8, 4) is 0 Å². The van der Waals surface area contributed by atoms with Crippen LogP contribution in [0.2, 0.25) is 0 Å². The fourth-order valence-corrected chi connectivity index (χ4v) is 4.08. The highest BCUT2D eigenvalue weighted by atomic mass is 16.7. The van der Waals surface area contributed by atoms with Crippen LogP contribution >= 0.6 is 0 Å². The number of hydrogen-bond donors (Lipinski definition) is 0. The van der Waals surface area contributed by atoms with E-state index in [2.05, 4.69) is 53.7 Å². The van der Waals surface area contributed by atoms with Crippen LogP contribution in [0, 0.1) is 10.8 Å².